The maximum Gasteiger partial charge on any atom is 0.280 e. The third-order valence-corrected chi connectivity index (χ3v) is 3.42. The summed E-state index contributed by atoms with van der Waals surface area (Å²) in [6.07, 6.45) is 2.77. The minimum Gasteiger partial charge on any atom is -0.369 e. The smallest absolute Gasteiger partial charge is 0.280 e. The van der Waals surface area contributed by atoms with Crippen LogP contribution in [0.4, 0.5) is 5.95 Å². The van der Waals surface area contributed by atoms with Crippen LogP contribution in [0.2, 0.25) is 0 Å². The Kier molecular flexibility index (Phi) is 3.34. The summed E-state index contributed by atoms with van der Waals surface area (Å²) < 4.78 is 7.56. The van der Waals surface area contributed by atoms with Crippen molar-refractivity contribution < 1.29 is 9.53 Å². The van der Waals surface area contributed by atoms with Crippen molar-refractivity contribution in [1.82, 2.24) is 24.8 Å². The van der Waals surface area contributed by atoms with Crippen molar-refractivity contribution in [2.45, 2.75) is 32.1 Å². The number of rotatable bonds is 3. The number of carbonyl (C=O) groups is 1. The number of nitrogens with two attached hydrogens (primary N) is 1. The normalized spacial score (nSPS) is 21.8. The molecule has 9 heteroatoms. The highest BCUT2D eigenvalue weighted by molar-refractivity contribution is 5.72. The van der Waals surface area contributed by atoms with Gasteiger partial charge < -0.3 is 15.8 Å². The van der Waals surface area contributed by atoms with E-state index < -0.39 is 0 Å². The van der Waals surface area contributed by atoms with E-state index >= 15 is 0 Å². The average Bonchev–Trinajstić information content (AvgIpc) is 3.02. The third kappa shape index (κ3) is 2.59. The van der Waals surface area contributed by atoms with Crippen LogP contribution in [0.25, 0.3) is 11.2 Å². The lowest BCUT2D eigenvalue weighted by Crippen LogP contribution is -2.30. The molecule has 3 rings (SSSR count). The van der Waals surface area contributed by atoms with Gasteiger partial charge in [0.05, 0.1) is 12.4 Å². The third-order valence-electron chi connectivity index (χ3n) is 3.42. The first-order valence-corrected chi connectivity index (χ1v) is 6.67. The van der Waals surface area contributed by atoms with Gasteiger partial charge in [-0.2, -0.15) is 4.98 Å². The van der Waals surface area contributed by atoms with Crippen LogP contribution >= 0.6 is 0 Å². The number of hydrogen-bond donors (Lipinski definition) is 3. The fourth-order valence-corrected chi connectivity index (χ4v) is 2.45. The molecule has 3 heterocycles. The molecule has 21 heavy (non-hydrogen) atoms. The standard InChI is InChI=1S/C12H16N6O3/c1-6(19)14-4-7-2-3-8(21-7)18-5-15-9-10(18)16-12(13)17-11(9)20/h5,7-8H,2-4H2,1H3,(H,14,19)(H3,13,16,17,20). The summed E-state index contributed by atoms with van der Waals surface area (Å²) in [6.45, 7) is 1.93. The number of aromatic nitrogens is 4. The molecule has 0 saturated carbocycles. The highest BCUT2D eigenvalue weighted by Crippen LogP contribution is 2.29. The van der Waals surface area contributed by atoms with Crippen molar-refractivity contribution >= 4 is 23.0 Å². The largest absolute Gasteiger partial charge is 0.369 e. The van der Waals surface area contributed by atoms with Crippen LogP contribution < -0.4 is 16.6 Å². The zero-order valence-electron chi connectivity index (χ0n) is 11.5. The highest BCUT2D eigenvalue weighted by Gasteiger charge is 2.28. The number of amides is 1. The summed E-state index contributed by atoms with van der Waals surface area (Å²) in [5, 5.41) is 2.73. The molecule has 4 N–H and O–H groups in total. The Morgan fingerprint density at radius 3 is 3.19 bits per heavy atom. The number of fused-ring (bicyclic) bond motifs is 1. The van der Waals surface area contributed by atoms with Crippen molar-refractivity contribution in [3.8, 4) is 0 Å². The molecule has 0 radical (unpaired) electrons. The van der Waals surface area contributed by atoms with Gasteiger partial charge in [-0.3, -0.25) is 19.1 Å². The fraction of sp³-hybridized carbons (Fsp3) is 0.500. The number of nitrogen functional groups attached to an aromatic ring is 1. The van der Waals surface area contributed by atoms with Gasteiger partial charge in [0, 0.05) is 13.5 Å². The van der Waals surface area contributed by atoms with E-state index in [1.165, 1.54) is 13.3 Å². The Hall–Kier alpha value is -2.42. The van der Waals surface area contributed by atoms with Crippen LogP contribution in [0, 0.1) is 0 Å². The van der Waals surface area contributed by atoms with E-state index in [1.807, 2.05) is 0 Å². The molecule has 0 bridgehead atoms. The van der Waals surface area contributed by atoms with Crippen LogP contribution in [-0.4, -0.2) is 38.1 Å². The number of ether oxygens (including phenoxy) is 1. The molecule has 2 unspecified atom stereocenters. The fourth-order valence-electron chi connectivity index (χ4n) is 2.45. The van der Waals surface area contributed by atoms with E-state index in [0.29, 0.717) is 12.2 Å². The van der Waals surface area contributed by atoms with Crippen molar-refractivity contribution in [1.29, 1.82) is 0 Å². The van der Waals surface area contributed by atoms with Crippen molar-refractivity contribution in [3.05, 3.63) is 16.7 Å². The van der Waals surface area contributed by atoms with Gasteiger partial charge in [-0.15, -0.1) is 0 Å². The monoisotopic (exact) mass is 292 g/mol. The van der Waals surface area contributed by atoms with E-state index in [0.717, 1.165) is 12.8 Å². The van der Waals surface area contributed by atoms with Gasteiger partial charge >= 0.3 is 0 Å². The SMILES string of the molecule is CC(=O)NCC1CCC(n2cnc3c(=O)[nH]c(N)nc32)O1. The number of H-pyrrole nitrogens is 1. The molecule has 2 aromatic rings. The molecular weight excluding hydrogens is 276 g/mol. The lowest BCUT2D eigenvalue weighted by Gasteiger charge is -2.15. The first-order chi connectivity index (χ1) is 10.0. The second-order valence-corrected chi connectivity index (χ2v) is 5.00. The maximum atomic E-state index is 11.7. The van der Waals surface area contributed by atoms with Crippen LogP contribution in [0.5, 0.6) is 0 Å². The number of carbonyl (C=O) groups excluding carboxylic acids is 1. The highest BCUT2D eigenvalue weighted by atomic mass is 16.5. The Morgan fingerprint density at radius 1 is 1.62 bits per heavy atom. The van der Waals surface area contributed by atoms with Gasteiger partial charge in [0.15, 0.2) is 11.2 Å². The minimum absolute atomic E-state index is 0.0436. The molecule has 2 aromatic heterocycles. The number of nitrogens with zero attached hydrogens (tertiary/aromatic N) is 3. The quantitative estimate of drug-likeness (QED) is 0.700. The summed E-state index contributed by atoms with van der Waals surface area (Å²) in [6, 6.07) is 0. The summed E-state index contributed by atoms with van der Waals surface area (Å²) in [7, 11) is 0. The number of anilines is 1. The second kappa shape index (κ2) is 5.17. The van der Waals surface area contributed by atoms with Crippen LogP contribution in [0.15, 0.2) is 11.1 Å². The topological polar surface area (TPSA) is 128 Å². The number of nitrogens with one attached hydrogen (secondary N) is 2. The first kappa shape index (κ1) is 13.6. The zero-order chi connectivity index (χ0) is 15.0. The van der Waals surface area contributed by atoms with Gasteiger partial charge in [0.2, 0.25) is 11.9 Å². The van der Waals surface area contributed by atoms with Gasteiger partial charge in [-0.1, -0.05) is 0 Å². The van der Waals surface area contributed by atoms with Gasteiger partial charge in [0.1, 0.15) is 6.23 Å². The maximum absolute atomic E-state index is 11.7. The molecule has 1 amide bonds. The molecule has 1 aliphatic heterocycles. The van der Waals surface area contributed by atoms with Crippen molar-refractivity contribution in [2.75, 3.05) is 12.3 Å². The minimum atomic E-state index is -0.371. The zero-order valence-corrected chi connectivity index (χ0v) is 11.5. The Morgan fingerprint density at radius 2 is 2.43 bits per heavy atom. The molecular formula is C12H16N6O3. The molecule has 1 fully saturated rings. The van der Waals surface area contributed by atoms with Gasteiger partial charge in [0.25, 0.3) is 5.56 Å². The molecule has 0 aliphatic carbocycles. The number of aromatic amines is 1. The van der Waals surface area contributed by atoms with E-state index in [1.54, 1.807) is 4.57 Å². The molecule has 9 nitrogen and oxygen atoms in total. The van der Waals surface area contributed by atoms with Gasteiger partial charge in [-0.25, -0.2) is 4.98 Å². The molecule has 2 atom stereocenters. The molecule has 1 aliphatic rings. The van der Waals surface area contributed by atoms with Crippen LogP contribution in [0.3, 0.4) is 0 Å². The van der Waals surface area contributed by atoms with E-state index in [4.69, 9.17) is 10.5 Å². The summed E-state index contributed by atoms with van der Waals surface area (Å²) in [4.78, 5) is 33.2. The number of hydrogen-bond acceptors (Lipinski definition) is 6. The molecule has 0 spiro atoms. The van der Waals surface area contributed by atoms with Crippen LogP contribution in [-0.2, 0) is 9.53 Å². The summed E-state index contributed by atoms with van der Waals surface area (Å²) >= 11 is 0. The molecule has 1 saturated heterocycles. The molecule has 0 aromatic carbocycles. The predicted molar refractivity (Wildman–Crippen MR) is 74.4 cm³/mol. The van der Waals surface area contributed by atoms with Gasteiger partial charge in [-0.05, 0) is 12.8 Å². The van der Waals surface area contributed by atoms with E-state index in [9.17, 15) is 9.59 Å². The second-order valence-electron chi connectivity index (χ2n) is 5.00. The van der Waals surface area contributed by atoms with Crippen molar-refractivity contribution in [2.24, 2.45) is 0 Å². The first-order valence-electron chi connectivity index (χ1n) is 6.67. The Balaban J connectivity index is 1.82. The van der Waals surface area contributed by atoms with E-state index in [2.05, 4.69) is 20.3 Å². The van der Waals surface area contributed by atoms with E-state index in [-0.39, 0.29) is 35.3 Å². The number of imidazole rings is 1. The average molecular weight is 292 g/mol. The Labute approximate surface area is 119 Å². The lowest BCUT2D eigenvalue weighted by atomic mass is 10.2. The Bertz CT molecular complexity index is 736. The predicted octanol–water partition coefficient (Wildman–Crippen LogP) is -0.484. The molecule has 112 valence electrons. The van der Waals surface area contributed by atoms with Crippen molar-refractivity contribution in [3.63, 3.8) is 0 Å². The summed E-state index contributed by atoms with van der Waals surface area (Å²) in [5.41, 5.74) is 5.83. The van der Waals surface area contributed by atoms with Crippen LogP contribution in [0.1, 0.15) is 26.0 Å². The summed E-state index contributed by atoms with van der Waals surface area (Å²) in [5.74, 6) is -0.0434. The lowest BCUT2D eigenvalue weighted by molar-refractivity contribution is -0.119.